The van der Waals surface area contributed by atoms with Gasteiger partial charge >= 0.3 is 0 Å². The number of benzene rings is 1. The molecule has 1 saturated heterocycles. The molecule has 1 N–H and O–H groups in total. The summed E-state index contributed by atoms with van der Waals surface area (Å²) in [6.07, 6.45) is 7.64. The lowest BCUT2D eigenvalue weighted by atomic mass is 9.88. The van der Waals surface area contributed by atoms with E-state index in [1.54, 1.807) is 0 Å². The lowest BCUT2D eigenvalue weighted by molar-refractivity contribution is 0.0271. The van der Waals surface area contributed by atoms with E-state index in [1.807, 2.05) is 0 Å². The molecule has 2 aliphatic rings. The van der Waals surface area contributed by atoms with Crippen molar-refractivity contribution in [1.29, 1.82) is 0 Å². The van der Waals surface area contributed by atoms with Crippen molar-refractivity contribution in [3.63, 3.8) is 0 Å². The van der Waals surface area contributed by atoms with Crippen LogP contribution in [0.2, 0.25) is 0 Å². The SMILES string of the molecule is CC1CCCC(C)N1NC1CCc2cc(Br)ccc2C1. The number of hydrogen-bond donors (Lipinski definition) is 1. The van der Waals surface area contributed by atoms with E-state index < -0.39 is 0 Å². The first-order chi connectivity index (χ1) is 9.63. The van der Waals surface area contributed by atoms with Crippen LogP contribution in [0, 0.1) is 0 Å². The predicted octanol–water partition coefficient (Wildman–Crippen LogP) is 4.07. The molecule has 0 amide bonds. The van der Waals surface area contributed by atoms with E-state index in [1.165, 1.54) is 54.1 Å². The van der Waals surface area contributed by atoms with E-state index >= 15 is 0 Å². The summed E-state index contributed by atoms with van der Waals surface area (Å²) in [5.74, 6) is 0. The van der Waals surface area contributed by atoms with Crippen LogP contribution in [-0.4, -0.2) is 23.1 Å². The fourth-order valence-electron chi connectivity index (χ4n) is 3.72. The molecule has 0 spiro atoms. The number of piperidine rings is 1. The van der Waals surface area contributed by atoms with Crippen LogP contribution in [0.3, 0.4) is 0 Å². The third-order valence-electron chi connectivity index (χ3n) is 4.92. The largest absolute Gasteiger partial charge is 0.251 e. The van der Waals surface area contributed by atoms with Gasteiger partial charge in [-0.25, -0.2) is 5.01 Å². The maximum absolute atomic E-state index is 3.83. The van der Waals surface area contributed by atoms with Crippen molar-refractivity contribution in [2.45, 2.75) is 70.5 Å². The van der Waals surface area contributed by atoms with Gasteiger partial charge in [-0.15, -0.1) is 0 Å². The van der Waals surface area contributed by atoms with E-state index in [2.05, 4.69) is 58.4 Å². The zero-order chi connectivity index (χ0) is 14.1. The van der Waals surface area contributed by atoms with Crippen LogP contribution in [0.4, 0.5) is 0 Å². The molecular weight excluding hydrogens is 312 g/mol. The first-order valence-electron chi connectivity index (χ1n) is 7.95. The summed E-state index contributed by atoms with van der Waals surface area (Å²) in [6, 6.07) is 8.70. The van der Waals surface area contributed by atoms with Gasteiger partial charge in [0, 0.05) is 22.6 Å². The van der Waals surface area contributed by atoms with Gasteiger partial charge in [0.2, 0.25) is 0 Å². The zero-order valence-corrected chi connectivity index (χ0v) is 14.1. The lowest BCUT2D eigenvalue weighted by Gasteiger charge is -2.42. The number of hydrazine groups is 1. The van der Waals surface area contributed by atoms with Crippen molar-refractivity contribution in [2.75, 3.05) is 0 Å². The van der Waals surface area contributed by atoms with Crippen LogP contribution in [-0.2, 0) is 12.8 Å². The summed E-state index contributed by atoms with van der Waals surface area (Å²) in [5.41, 5.74) is 6.88. The van der Waals surface area contributed by atoms with E-state index in [0.717, 1.165) is 0 Å². The van der Waals surface area contributed by atoms with Crippen molar-refractivity contribution in [2.24, 2.45) is 0 Å². The molecule has 0 aromatic heterocycles. The highest BCUT2D eigenvalue weighted by atomic mass is 79.9. The van der Waals surface area contributed by atoms with Crippen molar-refractivity contribution in [1.82, 2.24) is 10.4 Å². The van der Waals surface area contributed by atoms with Gasteiger partial charge in [-0.1, -0.05) is 28.4 Å². The number of hydrogen-bond acceptors (Lipinski definition) is 2. The molecule has 3 unspecified atom stereocenters. The Balaban J connectivity index is 1.66. The quantitative estimate of drug-likeness (QED) is 0.875. The fourth-order valence-corrected chi connectivity index (χ4v) is 4.13. The molecule has 1 aromatic rings. The summed E-state index contributed by atoms with van der Waals surface area (Å²) < 4.78 is 1.21. The summed E-state index contributed by atoms with van der Waals surface area (Å²) >= 11 is 3.58. The molecule has 3 atom stereocenters. The van der Waals surface area contributed by atoms with E-state index in [9.17, 15) is 0 Å². The second-order valence-corrected chi connectivity index (χ2v) is 7.43. The van der Waals surface area contributed by atoms with Crippen molar-refractivity contribution in [3.05, 3.63) is 33.8 Å². The number of halogens is 1. The molecule has 1 aromatic carbocycles. The minimum Gasteiger partial charge on any atom is -0.251 e. The Kier molecular flexibility index (Phi) is 4.49. The smallest absolute Gasteiger partial charge is 0.0259 e. The van der Waals surface area contributed by atoms with Gasteiger partial charge in [0.15, 0.2) is 0 Å². The van der Waals surface area contributed by atoms with Gasteiger partial charge in [-0.2, -0.15) is 0 Å². The minimum atomic E-state index is 0.603. The molecule has 0 bridgehead atoms. The first kappa shape index (κ1) is 14.6. The van der Waals surface area contributed by atoms with Gasteiger partial charge in [0.25, 0.3) is 0 Å². The highest BCUT2D eigenvalue weighted by molar-refractivity contribution is 9.10. The highest BCUT2D eigenvalue weighted by Crippen LogP contribution is 2.27. The molecule has 1 aliphatic carbocycles. The highest BCUT2D eigenvalue weighted by Gasteiger charge is 2.28. The number of rotatable bonds is 2. The predicted molar refractivity (Wildman–Crippen MR) is 87.7 cm³/mol. The van der Waals surface area contributed by atoms with Crippen LogP contribution in [0.15, 0.2) is 22.7 Å². The molecule has 1 fully saturated rings. The van der Waals surface area contributed by atoms with Crippen molar-refractivity contribution in [3.8, 4) is 0 Å². The topological polar surface area (TPSA) is 15.3 Å². The fraction of sp³-hybridized carbons (Fsp3) is 0.647. The molecule has 2 nitrogen and oxygen atoms in total. The van der Waals surface area contributed by atoms with Crippen LogP contribution in [0.5, 0.6) is 0 Å². The molecule has 0 radical (unpaired) electrons. The van der Waals surface area contributed by atoms with Crippen molar-refractivity contribution >= 4 is 15.9 Å². The first-order valence-corrected chi connectivity index (χ1v) is 8.74. The van der Waals surface area contributed by atoms with E-state index in [0.29, 0.717) is 18.1 Å². The standard InChI is InChI=1S/C17H25BrN2/c1-12-4-3-5-13(2)20(12)19-17-9-7-14-10-16(18)8-6-15(14)11-17/h6,8,10,12-13,17,19H,3-5,7,9,11H2,1-2H3. The van der Waals surface area contributed by atoms with Gasteiger partial charge < -0.3 is 0 Å². The average molecular weight is 337 g/mol. The second kappa shape index (κ2) is 6.17. The van der Waals surface area contributed by atoms with Crippen LogP contribution in [0.1, 0.15) is 50.7 Å². The Morgan fingerprint density at radius 3 is 2.60 bits per heavy atom. The molecule has 3 heteroatoms. The Bertz CT molecular complexity index is 464. The third-order valence-corrected chi connectivity index (χ3v) is 5.42. The molecule has 20 heavy (non-hydrogen) atoms. The van der Waals surface area contributed by atoms with Crippen LogP contribution >= 0.6 is 15.9 Å². The molecule has 110 valence electrons. The zero-order valence-electron chi connectivity index (χ0n) is 12.5. The van der Waals surface area contributed by atoms with Gasteiger partial charge in [-0.05, 0) is 69.2 Å². The maximum atomic E-state index is 3.83. The molecule has 3 rings (SSSR count). The third kappa shape index (κ3) is 3.10. The average Bonchev–Trinajstić information content (AvgIpc) is 2.43. The summed E-state index contributed by atoms with van der Waals surface area (Å²) in [7, 11) is 0. The van der Waals surface area contributed by atoms with Crippen LogP contribution in [0.25, 0.3) is 0 Å². The summed E-state index contributed by atoms with van der Waals surface area (Å²) in [6.45, 7) is 4.72. The number of fused-ring (bicyclic) bond motifs is 1. The Labute approximate surface area is 131 Å². The van der Waals surface area contributed by atoms with Gasteiger partial charge in [0.1, 0.15) is 0 Å². The molecule has 1 aliphatic heterocycles. The summed E-state index contributed by atoms with van der Waals surface area (Å²) in [5, 5.41) is 2.53. The van der Waals surface area contributed by atoms with E-state index in [-0.39, 0.29) is 0 Å². The number of nitrogens with one attached hydrogen (secondary N) is 1. The van der Waals surface area contributed by atoms with E-state index in [4.69, 9.17) is 0 Å². The molecular formula is C17H25BrN2. The number of aryl methyl sites for hydroxylation is 1. The Hall–Kier alpha value is -0.380. The van der Waals surface area contributed by atoms with Gasteiger partial charge in [0.05, 0.1) is 0 Å². The Morgan fingerprint density at radius 2 is 1.85 bits per heavy atom. The monoisotopic (exact) mass is 336 g/mol. The maximum Gasteiger partial charge on any atom is 0.0259 e. The van der Waals surface area contributed by atoms with Gasteiger partial charge in [-0.3, -0.25) is 5.43 Å². The van der Waals surface area contributed by atoms with Crippen molar-refractivity contribution < 1.29 is 0 Å². The van der Waals surface area contributed by atoms with Crippen LogP contribution < -0.4 is 5.43 Å². The molecule has 1 heterocycles. The Morgan fingerprint density at radius 1 is 1.10 bits per heavy atom. The molecule has 0 saturated carbocycles. The summed E-state index contributed by atoms with van der Waals surface area (Å²) in [4.78, 5) is 0. The normalized spacial score (nSPS) is 31.1. The second-order valence-electron chi connectivity index (χ2n) is 6.52. The lowest BCUT2D eigenvalue weighted by Crippen LogP contribution is -2.56. The number of nitrogens with zero attached hydrogens (tertiary/aromatic N) is 1. The minimum absolute atomic E-state index is 0.603.